The second-order valence-corrected chi connectivity index (χ2v) is 5.78. The van der Waals surface area contributed by atoms with E-state index in [1.54, 1.807) is 0 Å². The highest BCUT2D eigenvalue weighted by Crippen LogP contribution is 2.31. The predicted molar refractivity (Wildman–Crippen MR) is 69.4 cm³/mol. The summed E-state index contributed by atoms with van der Waals surface area (Å²) in [5, 5.41) is 7.59. The van der Waals surface area contributed by atoms with Crippen molar-refractivity contribution >= 4 is 0 Å². The number of hydrogen-bond donors (Lipinski definition) is 1. The standard InChI is InChI=1S/C14H23N3O/c1-2-4-12(5-3-1)14-16-13(18-17-14)10-11-6-8-15-9-7-11/h11-12,15H,1-10H2. The molecule has 1 aliphatic heterocycles. The molecule has 1 aromatic heterocycles. The molecule has 1 aliphatic carbocycles. The predicted octanol–water partition coefficient (Wildman–Crippen LogP) is 2.66. The van der Waals surface area contributed by atoms with E-state index in [1.165, 1.54) is 44.9 Å². The van der Waals surface area contributed by atoms with Crippen molar-refractivity contribution in [2.75, 3.05) is 13.1 Å². The minimum Gasteiger partial charge on any atom is -0.339 e. The van der Waals surface area contributed by atoms with Gasteiger partial charge in [-0.2, -0.15) is 4.98 Å². The summed E-state index contributed by atoms with van der Waals surface area (Å²) in [4.78, 5) is 4.63. The Morgan fingerprint density at radius 2 is 1.83 bits per heavy atom. The van der Waals surface area contributed by atoms with Gasteiger partial charge in [-0.1, -0.05) is 24.4 Å². The van der Waals surface area contributed by atoms with Crippen LogP contribution < -0.4 is 5.32 Å². The molecule has 1 saturated carbocycles. The molecule has 2 aliphatic rings. The fraction of sp³-hybridized carbons (Fsp3) is 0.857. The molecule has 0 unspecified atom stereocenters. The Bertz CT molecular complexity index is 365. The van der Waals surface area contributed by atoms with Crippen LogP contribution >= 0.6 is 0 Å². The number of piperidine rings is 1. The number of hydrogen-bond acceptors (Lipinski definition) is 4. The van der Waals surface area contributed by atoms with Gasteiger partial charge in [0.05, 0.1) is 0 Å². The summed E-state index contributed by atoms with van der Waals surface area (Å²) in [6.45, 7) is 2.27. The first-order valence-corrected chi connectivity index (χ1v) is 7.45. The van der Waals surface area contributed by atoms with E-state index in [2.05, 4.69) is 15.5 Å². The number of rotatable bonds is 3. The smallest absolute Gasteiger partial charge is 0.226 e. The zero-order chi connectivity index (χ0) is 12.2. The fourth-order valence-corrected chi connectivity index (χ4v) is 3.21. The number of nitrogens with zero attached hydrogens (tertiary/aromatic N) is 2. The van der Waals surface area contributed by atoms with Gasteiger partial charge in [0.25, 0.3) is 0 Å². The van der Waals surface area contributed by atoms with E-state index in [0.29, 0.717) is 5.92 Å². The number of aromatic nitrogens is 2. The van der Waals surface area contributed by atoms with E-state index in [-0.39, 0.29) is 0 Å². The average molecular weight is 249 g/mol. The lowest BCUT2D eigenvalue weighted by Crippen LogP contribution is -2.28. The van der Waals surface area contributed by atoms with Crippen molar-refractivity contribution in [3.8, 4) is 0 Å². The second kappa shape index (κ2) is 5.83. The minimum atomic E-state index is 0.560. The zero-order valence-electron chi connectivity index (χ0n) is 11.0. The lowest BCUT2D eigenvalue weighted by molar-refractivity contribution is 0.309. The Morgan fingerprint density at radius 3 is 2.61 bits per heavy atom. The molecule has 1 aromatic rings. The summed E-state index contributed by atoms with van der Waals surface area (Å²) < 4.78 is 5.44. The van der Waals surface area contributed by atoms with Crippen molar-refractivity contribution in [3.05, 3.63) is 11.7 Å². The van der Waals surface area contributed by atoms with Gasteiger partial charge < -0.3 is 9.84 Å². The van der Waals surface area contributed by atoms with Crippen LogP contribution in [0.1, 0.15) is 62.6 Å². The average Bonchev–Trinajstić information content (AvgIpc) is 2.89. The van der Waals surface area contributed by atoms with Gasteiger partial charge >= 0.3 is 0 Å². The van der Waals surface area contributed by atoms with Crippen LogP contribution in [0.3, 0.4) is 0 Å². The summed E-state index contributed by atoms with van der Waals surface area (Å²) in [7, 11) is 0. The fourth-order valence-electron chi connectivity index (χ4n) is 3.21. The molecule has 2 fully saturated rings. The van der Waals surface area contributed by atoms with Crippen LogP contribution in [0.4, 0.5) is 0 Å². The maximum atomic E-state index is 5.44. The van der Waals surface area contributed by atoms with Crippen LogP contribution in [0, 0.1) is 5.92 Å². The minimum absolute atomic E-state index is 0.560. The number of nitrogens with one attached hydrogen (secondary N) is 1. The molecule has 4 nitrogen and oxygen atoms in total. The van der Waals surface area contributed by atoms with E-state index in [1.807, 2.05) is 0 Å². The largest absolute Gasteiger partial charge is 0.339 e. The Labute approximate surface area is 109 Å². The molecule has 0 aromatic carbocycles. The second-order valence-electron chi connectivity index (χ2n) is 5.78. The first-order chi connectivity index (χ1) is 8.92. The lowest BCUT2D eigenvalue weighted by atomic mass is 9.89. The normalized spacial score (nSPS) is 23.3. The summed E-state index contributed by atoms with van der Waals surface area (Å²) in [6.07, 6.45) is 9.95. The van der Waals surface area contributed by atoms with Crippen molar-refractivity contribution in [3.63, 3.8) is 0 Å². The van der Waals surface area contributed by atoms with Crippen LogP contribution in [0.5, 0.6) is 0 Å². The van der Waals surface area contributed by atoms with Gasteiger partial charge in [0.2, 0.25) is 5.89 Å². The Morgan fingerprint density at radius 1 is 1.06 bits per heavy atom. The topological polar surface area (TPSA) is 51.0 Å². The molecule has 100 valence electrons. The van der Waals surface area contributed by atoms with Gasteiger partial charge in [0, 0.05) is 12.3 Å². The third-order valence-electron chi connectivity index (χ3n) is 4.38. The molecule has 18 heavy (non-hydrogen) atoms. The van der Waals surface area contributed by atoms with Crippen molar-refractivity contribution in [2.45, 2.75) is 57.3 Å². The Hall–Kier alpha value is -0.900. The highest BCUT2D eigenvalue weighted by atomic mass is 16.5. The molecule has 0 bridgehead atoms. The maximum Gasteiger partial charge on any atom is 0.226 e. The van der Waals surface area contributed by atoms with Gasteiger partial charge in [0.15, 0.2) is 5.82 Å². The Balaban J connectivity index is 1.58. The summed E-state index contributed by atoms with van der Waals surface area (Å²) in [5.41, 5.74) is 0. The van der Waals surface area contributed by atoms with Crippen LogP contribution in [-0.4, -0.2) is 23.2 Å². The van der Waals surface area contributed by atoms with Crippen molar-refractivity contribution < 1.29 is 4.52 Å². The third kappa shape index (κ3) is 2.91. The van der Waals surface area contributed by atoms with E-state index >= 15 is 0 Å². The molecule has 1 saturated heterocycles. The summed E-state index contributed by atoms with van der Waals surface area (Å²) >= 11 is 0. The first-order valence-electron chi connectivity index (χ1n) is 7.45. The van der Waals surface area contributed by atoms with Gasteiger partial charge in [-0.15, -0.1) is 0 Å². The van der Waals surface area contributed by atoms with E-state index < -0.39 is 0 Å². The molecule has 4 heteroatoms. The first kappa shape index (κ1) is 12.2. The van der Waals surface area contributed by atoms with Gasteiger partial charge in [0.1, 0.15) is 0 Å². The highest BCUT2D eigenvalue weighted by molar-refractivity contribution is 4.97. The molecular formula is C14H23N3O. The molecule has 3 rings (SSSR count). The highest BCUT2D eigenvalue weighted by Gasteiger charge is 2.22. The summed E-state index contributed by atoms with van der Waals surface area (Å²) in [5.74, 6) is 3.12. The van der Waals surface area contributed by atoms with Gasteiger partial charge in [-0.05, 0) is 44.7 Å². The zero-order valence-corrected chi connectivity index (χ0v) is 11.0. The van der Waals surface area contributed by atoms with E-state index in [9.17, 15) is 0 Å². The summed E-state index contributed by atoms with van der Waals surface area (Å²) in [6, 6.07) is 0. The van der Waals surface area contributed by atoms with Crippen LogP contribution in [0.25, 0.3) is 0 Å². The van der Waals surface area contributed by atoms with Gasteiger partial charge in [-0.25, -0.2) is 0 Å². The van der Waals surface area contributed by atoms with Crippen molar-refractivity contribution in [1.29, 1.82) is 0 Å². The maximum absolute atomic E-state index is 5.44. The van der Waals surface area contributed by atoms with E-state index in [4.69, 9.17) is 4.52 Å². The molecule has 0 radical (unpaired) electrons. The lowest BCUT2D eigenvalue weighted by Gasteiger charge is -2.20. The van der Waals surface area contributed by atoms with Gasteiger partial charge in [-0.3, -0.25) is 0 Å². The SMILES string of the molecule is C1CCC(c2noc(CC3CCNCC3)n2)CC1. The molecule has 1 N–H and O–H groups in total. The molecule has 0 amide bonds. The van der Waals surface area contributed by atoms with Crippen LogP contribution in [0.2, 0.25) is 0 Å². The van der Waals surface area contributed by atoms with Crippen molar-refractivity contribution in [1.82, 2.24) is 15.5 Å². The van der Waals surface area contributed by atoms with Crippen LogP contribution in [-0.2, 0) is 6.42 Å². The third-order valence-corrected chi connectivity index (χ3v) is 4.38. The molecule has 0 spiro atoms. The molecule has 0 atom stereocenters. The molecule has 2 heterocycles. The molecular weight excluding hydrogens is 226 g/mol. The van der Waals surface area contributed by atoms with Crippen molar-refractivity contribution in [2.24, 2.45) is 5.92 Å². The quantitative estimate of drug-likeness (QED) is 0.894. The Kier molecular flexibility index (Phi) is 3.93. The van der Waals surface area contributed by atoms with Crippen LogP contribution in [0.15, 0.2) is 4.52 Å². The van der Waals surface area contributed by atoms with E-state index in [0.717, 1.165) is 37.1 Å². The monoisotopic (exact) mass is 249 g/mol.